The highest BCUT2D eigenvalue weighted by Crippen LogP contribution is 2.04. The smallest absolute Gasteiger partial charge is 0.219 e. The summed E-state index contributed by atoms with van der Waals surface area (Å²) < 4.78 is 5.07. The van der Waals surface area contributed by atoms with E-state index in [4.69, 9.17) is 10.6 Å². The van der Waals surface area contributed by atoms with E-state index in [1.807, 2.05) is 0 Å². The summed E-state index contributed by atoms with van der Waals surface area (Å²) in [5.41, 5.74) is 0. The molecule has 1 aliphatic rings. The summed E-state index contributed by atoms with van der Waals surface area (Å²) in [7, 11) is 0. The van der Waals surface area contributed by atoms with Crippen molar-refractivity contribution >= 4 is 18.3 Å². The van der Waals surface area contributed by atoms with Gasteiger partial charge in [-0.15, -0.1) is 12.4 Å². The molecule has 2 N–H and O–H groups in total. The SMILES string of the molecule is CC(=O)N1CCOC(ON)C1.Cl. The lowest BCUT2D eigenvalue weighted by molar-refractivity contribution is -0.186. The summed E-state index contributed by atoms with van der Waals surface area (Å²) in [6.45, 7) is 3.04. The maximum Gasteiger partial charge on any atom is 0.219 e. The van der Waals surface area contributed by atoms with E-state index < -0.39 is 6.29 Å². The normalized spacial score (nSPS) is 23.2. The second-order valence-corrected chi connectivity index (χ2v) is 2.40. The highest BCUT2D eigenvalue weighted by Gasteiger charge is 2.21. The van der Waals surface area contributed by atoms with Crippen LogP contribution in [0.4, 0.5) is 0 Å². The Morgan fingerprint density at radius 2 is 2.42 bits per heavy atom. The molecular formula is C6H13ClN2O3. The minimum atomic E-state index is -0.465. The van der Waals surface area contributed by atoms with Gasteiger partial charge in [0.05, 0.1) is 13.2 Å². The molecule has 0 aliphatic carbocycles. The first kappa shape index (κ1) is 11.6. The number of hydrogen-bond acceptors (Lipinski definition) is 4. The number of amides is 1. The topological polar surface area (TPSA) is 64.8 Å². The fourth-order valence-electron chi connectivity index (χ4n) is 0.987. The van der Waals surface area contributed by atoms with Crippen molar-refractivity contribution in [1.29, 1.82) is 0 Å². The second kappa shape index (κ2) is 5.31. The number of rotatable bonds is 1. The van der Waals surface area contributed by atoms with Gasteiger partial charge < -0.3 is 9.64 Å². The molecule has 1 fully saturated rings. The van der Waals surface area contributed by atoms with Crippen LogP contribution in [0, 0.1) is 0 Å². The number of carbonyl (C=O) groups excluding carboxylic acids is 1. The Balaban J connectivity index is 0.00000121. The van der Waals surface area contributed by atoms with Crippen LogP contribution < -0.4 is 5.90 Å². The summed E-state index contributed by atoms with van der Waals surface area (Å²) in [5, 5.41) is 0. The van der Waals surface area contributed by atoms with Crippen molar-refractivity contribution in [3.05, 3.63) is 0 Å². The molecule has 1 amide bonds. The highest BCUT2D eigenvalue weighted by molar-refractivity contribution is 5.85. The third kappa shape index (κ3) is 2.94. The zero-order chi connectivity index (χ0) is 8.27. The third-order valence-electron chi connectivity index (χ3n) is 1.63. The molecule has 1 unspecified atom stereocenters. The van der Waals surface area contributed by atoms with E-state index in [1.165, 1.54) is 6.92 Å². The van der Waals surface area contributed by atoms with E-state index in [9.17, 15) is 4.79 Å². The zero-order valence-electron chi connectivity index (χ0n) is 6.86. The lowest BCUT2D eigenvalue weighted by atomic mass is 10.4. The Bertz CT molecular complexity index is 156. The molecule has 1 saturated heterocycles. The highest BCUT2D eigenvalue weighted by atomic mass is 35.5. The number of morpholine rings is 1. The van der Waals surface area contributed by atoms with Crippen molar-refractivity contribution in [3.8, 4) is 0 Å². The summed E-state index contributed by atoms with van der Waals surface area (Å²) >= 11 is 0. The molecule has 0 aromatic rings. The predicted octanol–water partition coefficient (Wildman–Crippen LogP) is -0.497. The number of carbonyl (C=O) groups is 1. The predicted molar refractivity (Wildman–Crippen MR) is 44.5 cm³/mol. The molecule has 5 nitrogen and oxygen atoms in total. The van der Waals surface area contributed by atoms with Crippen molar-refractivity contribution in [3.63, 3.8) is 0 Å². The van der Waals surface area contributed by atoms with Crippen molar-refractivity contribution in [2.45, 2.75) is 13.2 Å². The first-order chi connectivity index (χ1) is 5.24. The molecule has 0 saturated carbocycles. The monoisotopic (exact) mass is 196 g/mol. The molecule has 6 heteroatoms. The molecular weight excluding hydrogens is 184 g/mol. The van der Waals surface area contributed by atoms with Gasteiger partial charge in [0.1, 0.15) is 0 Å². The summed E-state index contributed by atoms with van der Waals surface area (Å²) in [6.07, 6.45) is -0.465. The van der Waals surface area contributed by atoms with Gasteiger partial charge in [0, 0.05) is 13.5 Å². The standard InChI is InChI=1S/C6H12N2O3.ClH/c1-5(9)8-2-3-10-6(4-8)11-7;/h6H,2-4,7H2,1H3;1H. The van der Waals surface area contributed by atoms with Crippen LogP contribution in [-0.4, -0.2) is 36.8 Å². The van der Waals surface area contributed by atoms with Gasteiger partial charge in [-0.3, -0.25) is 9.63 Å². The minimum absolute atomic E-state index is 0. The first-order valence-corrected chi connectivity index (χ1v) is 3.46. The molecule has 1 heterocycles. The molecule has 72 valence electrons. The summed E-state index contributed by atoms with van der Waals surface area (Å²) in [6, 6.07) is 0. The Hall–Kier alpha value is -0.360. The van der Waals surface area contributed by atoms with Gasteiger partial charge in [0.25, 0.3) is 0 Å². The van der Waals surface area contributed by atoms with Crippen LogP contribution >= 0.6 is 12.4 Å². The molecule has 1 aliphatic heterocycles. The van der Waals surface area contributed by atoms with E-state index in [0.29, 0.717) is 19.7 Å². The van der Waals surface area contributed by atoms with Crippen LogP contribution in [0.2, 0.25) is 0 Å². The fraction of sp³-hybridized carbons (Fsp3) is 0.833. The van der Waals surface area contributed by atoms with E-state index in [2.05, 4.69) is 4.84 Å². The van der Waals surface area contributed by atoms with Crippen LogP contribution in [-0.2, 0) is 14.4 Å². The zero-order valence-corrected chi connectivity index (χ0v) is 7.67. The third-order valence-corrected chi connectivity index (χ3v) is 1.63. The first-order valence-electron chi connectivity index (χ1n) is 3.46. The molecule has 0 aromatic carbocycles. The summed E-state index contributed by atoms with van der Waals surface area (Å²) in [4.78, 5) is 16.9. The summed E-state index contributed by atoms with van der Waals surface area (Å²) in [5.74, 6) is 4.93. The quantitative estimate of drug-likeness (QED) is 0.575. The second-order valence-electron chi connectivity index (χ2n) is 2.40. The maximum absolute atomic E-state index is 10.8. The van der Waals surface area contributed by atoms with E-state index in [0.717, 1.165) is 0 Å². The molecule has 0 radical (unpaired) electrons. The Labute approximate surface area is 77.2 Å². The minimum Gasteiger partial charge on any atom is -0.347 e. The van der Waals surface area contributed by atoms with Gasteiger partial charge in [-0.25, -0.2) is 5.90 Å². The number of hydrogen-bond donors (Lipinski definition) is 1. The van der Waals surface area contributed by atoms with Crippen LogP contribution in [0.5, 0.6) is 0 Å². The average Bonchev–Trinajstić information content (AvgIpc) is 2.05. The number of nitrogens with zero attached hydrogens (tertiary/aromatic N) is 1. The molecule has 0 bridgehead atoms. The molecule has 0 aromatic heterocycles. The molecule has 0 spiro atoms. The number of nitrogens with two attached hydrogens (primary N) is 1. The van der Waals surface area contributed by atoms with Gasteiger partial charge in [-0.2, -0.15) is 0 Å². The van der Waals surface area contributed by atoms with Crippen molar-refractivity contribution in [1.82, 2.24) is 4.90 Å². The Morgan fingerprint density at radius 3 is 2.92 bits per heavy atom. The van der Waals surface area contributed by atoms with E-state index in [-0.39, 0.29) is 18.3 Å². The van der Waals surface area contributed by atoms with Crippen LogP contribution in [0.3, 0.4) is 0 Å². The van der Waals surface area contributed by atoms with Gasteiger partial charge in [-0.05, 0) is 0 Å². The largest absolute Gasteiger partial charge is 0.347 e. The number of ether oxygens (including phenoxy) is 1. The lowest BCUT2D eigenvalue weighted by Crippen LogP contribution is -2.46. The van der Waals surface area contributed by atoms with Crippen LogP contribution in [0.25, 0.3) is 0 Å². The van der Waals surface area contributed by atoms with Gasteiger partial charge in [0.15, 0.2) is 6.29 Å². The van der Waals surface area contributed by atoms with E-state index >= 15 is 0 Å². The lowest BCUT2D eigenvalue weighted by Gasteiger charge is -2.30. The average molecular weight is 197 g/mol. The maximum atomic E-state index is 10.8. The van der Waals surface area contributed by atoms with E-state index in [1.54, 1.807) is 4.90 Å². The molecule has 1 atom stereocenters. The Morgan fingerprint density at radius 1 is 1.75 bits per heavy atom. The molecule has 12 heavy (non-hydrogen) atoms. The van der Waals surface area contributed by atoms with Gasteiger partial charge in [0.2, 0.25) is 5.91 Å². The van der Waals surface area contributed by atoms with Crippen molar-refractivity contribution in [2.75, 3.05) is 19.7 Å². The van der Waals surface area contributed by atoms with Gasteiger partial charge in [-0.1, -0.05) is 0 Å². The fourth-order valence-corrected chi connectivity index (χ4v) is 0.987. The van der Waals surface area contributed by atoms with Crippen LogP contribution in [0.15, 0.2) is 0 Å². The Kier molecular flexibility index (Phi) is 5.16. The van der Waals surface area contributed by atoms with Crippen molar-refractivity contribution < 1.29 is 14.4 Å². The van der Waals surface area contributed by atoms with Crippen LogP contribution in [0.1, 0.15) is 6.92 Å². The van der Waals surface area contributed by atoms with Crippen molar-refractivity contribution in [2.24, 2.45) is 5.90 Å². The number of halogens is 1. The molecule has 1 rings (SSSR count). The van der Waals surface area contributed by atoms with Gasteiger partial charge >= 0.3 is 0 Å².